The fourth-order valence-corrected chi connectivity index (χ4v) is 3.69. The number of pyridine rings is 1. The molecule has 4 atom stereocenters. The third-order valence-corrected chi connectivity index (χ3v) is 5.32. The number of benzene rings is 1. The summed E-state index contributed by atoms with van der Waals surface area (Å²) >= 11 is 0. The highest BCUT2D eigenvalue weighted by molar-refractivity contribution is 5.58. The van der Waals surface area contributed by atoms with E-state index in [0.717, 1.165) is 14.7 Å². The Morgan fingerprint density at radius 1 is 0.968 bits per heavy atom. The zero-order valence-corrected chi connectivity index (χ0v) is 16.6. The molecule has 1 aliphatic rings. The molecular formula is C22H23N3O6. The van der Waals surface area contributed by atoms with E-state index in [1.165, 1.54) is 12.3 Å². The third-order valence-electron chi connectivity index (χ3n) is 5.32. The predicted molar refractivity (Wildman–Crippen MR) is 111 cm³/mol. The molecule has 2 aromatic heterocycles. The van der Waals surface area contributed by atoms with Crippen molar-refractivity contribution >= 4 is 0 Å². The minimum atomic E-state index is -1.38. The standard InChI is InChI=1S/C22H23N3O6/c26-12-10-17-19(28)20(29)21(31-17)24-11-9-18(27)25(22(24)30)13-15-7-4-8-16(23-15)14-5-2-1-3-6-14/h1-9,11,17,19-21,26,28-29H,10,12-13H2. The Balaban J connectivity index is 1.65. The minimum Gasteiger partial charge on any atom is -0.396 e. The van der Waals surface area contributed by atoms with Crippen LogP contribution in [0.2, 0.25) is 0 Å². The second-order valence-electron chi connectivity index (χ2n) is 7.37. The number of aliphatic hydroxyl groups is 3. The SMILES string of the molecule is O=c1ccn(C2OC(CCO)C(O)C2O)c(=O)n1Cc1cccc(-c2ccccc2)n1. The molecule has 9 heteroatoms. The van der Waals surface area contributed by atoms with E-state index in [1.54, 1.807) is 12.1 Å². The van der Waals surface area contributed by atoms with Crippen molar-refractivity contribution < 1.29 is 20.1 Å². The normalized spacial score (nSPS) is 23.2. The van der Waals surface area contributed by atoms with Crippen molar-refractivity contribution in [1.82, 2.24) is 14.1 Å². The second kappa shape index (κ2) is 8.94. The zero-order chi connectivity index (χ0) is 22.0. The molecule has 31 heavy (non-hydrogen) atoms. The molecule has 3 N–H and O–H groups in total. The topological polar surface area (TPSA) is 127 Å². The quantitative estimate of drug-likeness (QED) is 0.512. The van der Waals surface area contributed by atoms with Crippen molar-refractivity contribution in [2.45, 2.75) is 37.5 Å². The predicted octanol–water partition coefficient (Wildman–Crippen LogP) is 0.122. The number of ether oxygens (including phenoxy) is 1. The number of aromatic nitrogens is 3. The molecule has 3 heterocycles. The lowest BCUT2D eigenvalue weighted by molar-refractivity contribution is -0.0458. The summed E-state index contributed by atoms with van der Waals surface area (Å²) in [4.78, 5) is 30.0. The molecule has 1 aromatic carbocycles. The lowest BCUT2D eigenvalue weighted by Gasteiger charge is -2.18. The Hall–Kier alpha value is -3.11. The maximum atomic E-state index is 13.0. The van der Waals surface area contributed by atoms with Crippen LogP contribution in [0.1, 0.15) is 18.3 Å². The number of hydrogen-bond acceptors (Lipinski definition) is 7. The van der Waals surface area contributed by atoms with Crippen molar-refractivity contribution in [2.24, 2.45) is 0 Å². The smallest absolute Gasteiger partial charge is 0.333 e. The van der Waals surface area contributed by atoms with Gasteiger partial charge in [-0.1, -0.05) is 36.4 Å². The van der Waals surface area contributed by atoms with Gasteiger partial charge in [0.05, 0.1) is 24.0 Å². The van der Waals surface area contributed by atoms with Crippen LogP contribution in [0.4, 0.5) is 0 Å². The van der Waals surface area contributed by atoms with E-state index >= 15 is 0 Å². The molecular weight excluding hydrogens is 402 g/mol. The van der Waals surface area contributed by atoms with Crippen LogP contribution >= 0.6 is 0 Å². The number of aliphatic hydroxyl groups excluding tert-OH is 3. The summed E-state index contributed by atoms with van der Waals surface area (Å²) < 4.78 is 7.66. The summed E-state index contributed by atoms with van der Waals surface area (Å²) in [7, 11) is 0. The van der Waals surface area contributed by atoms with E-state index < -0.39 is 35.8 Å². The van der Waals surface area contributed by atoms with Gasteiger partial charge >= 0.3 is 5.69 Å². The fraction of sp³-hybridized carbons (Fsp3) is 0.318. The fourth-order valence-electron chi connectivity index (χ4n) is 3.69. The Bertz CT molecular complexity index is 1160. The Kier molecular flexibility index (Phi) is 6.10. The van der Waals surface area contributed by atoms with Crippen molar-refractivity contribution in [1.29, 1.82) is 0 Å². The van der Waals surface area contributed by atoms with E-state index in [4.69, 9.17) is 9.84 Å². The summed E-state index contributed by atoms with van der Waals surface area (Å²) in [6.45, 7) is -0.302. The van der Waals surface area contributed by atoms with Gasteiger partial charge in [-0.15, -0.1) is 0 Å². The molecule has 1 aliphatic heterocycles. The summed E-state index contributed by atoms with van der Waals surface area (Å²) in [6.07, 6.45) is -3.28. The molecule has 0 radical (unpaired) electrons. The highest BCUT2D eigenvalue weighted by Gasteiger charge is 2.43. The largest absolute Gasteiger partial charge is 0.396 e. The summed E-state index contributed by atoms with van der Waals surface area (Å²) in [6, 6.07) is 16.1. The molecule has 1 saturated heterocycles. The molecule has 0 bridgehead atoms. The van der Waals surface area contributed by atoms with Crippen LogP contribution in [0.25, 0.3) is 11.3 Å². The Morgan fingerprint density at radius 3 is 2.48 bits per heavy atom. The maximum absolute atomic E-state index is 13.0. The molecule has 0 aliphatic carbocycles. The lowest BCUT2D eigenvalue weighted by Crippen LogP contribution is -2.43. The van der Waals surface area contributed by atoms with Gasteiger partial charge in [-0.2, -0.15) is 0 Å². The molecule has 0 amide bonds. The van der Waals surface area contributed by atoms with Crippen LogP contribution in [-0.4, -0.2) is 54.4 Å². The van der Waals surface area contributed by atoms with Gasteiger partial charge < -0.3 is 20.1 Å². The first kappa shape index (κ1) is 21.1. The Labute approximate surface area is 177 Å². The van der Waals surface area contributed by atoms with Crippen LogP contribution in [-0.2, 0) is 11.3 Å². The lowest BCUT2D eigenvalue weighted by atomic mass is 10.1. The molecule has 1 fully saturated rings. The molecule has 162 valence electrons. The Morgan fingerprint density at radius 2 is 1.74 bits per heavy atom. The molecule has 0 saturated carbocycles. The molecule has 4 rings (SSSR count). The van der Waals surface area contributed by atoms with Crippen molar-refractivity contribution in [3.05, 3.63) is 87.3 Å². The maximum Gasteiger partial charge on any atom is 0.333 e. The van der Waals surface area contributed by atoms with Gasteiger partial charge in [-0.3, -0.25) is 18.9 Å². The van der Waals surface area contributed by atoms with E-state index in [1.807, 2.05) is 36.4 Å². The average Bonchev–Trinajstić information content (AvgIpc) is 3.06. The summed E-state index contributed by atoms with van der Waals surface area (Å²) in [5.41, 5.74) is 0.929. The number of hydrogen-bond donors (Lipinski definition) is 3. The van der Waals surface area contributed by atoms with Crippen LogP contribution in [0.3, 0.4) is 0 Å². The zero-order valence-electron chi connectivity index (χ0n) is 16.6. The summed E-state index contributed by atoms with van der Waals surface area (Å²) in [5, 5.41) is 29.6. The van der Waals surface area contributed by atoms with Crippen LogP contribution in [0.5, 0.6) is 0 Å². The van der Waals surface area contributed by atoms with Gasteiger partial charge in [0.25, 0.3) is 5.56 Å². The van der Waals surface area contributed by atoms with Gasteiger partial charge in [0.1, 0.15) is 12.2 Å². The first-order valence-electron chi connectivity index (χ1n) is 9.95. The monoisotopic (exact) mass is 425 g/mol. The van der Waals surface area contributed by atoms with Gasteiger partial charge in [-0.25, -0.2) is 4.79 Å². The molecule has 9 nitrogen and oxygen atoms in total. The van der Waals surface area contributed by atoms with Crippen molar-refractivity contribution in [3.8, 4) is 11.3 Å². The molecule has 4 unspecified atom stereocenters. The first-order valence-corrected chi connectivity index (χ1v) is 9.95. The second-order valence-corrected chi connectivity index (χ2v) is 7.37. The first-order chi connectivity index (χ1) is 15.0. The van der Waals surface area contributed by atoms with Crippen LogP contribution in [0, 0.1) is 0 Å². The number of nitrogens with zero attached hydrogens (tertiary/aromatic N) is 3. The van der Waals surface area contributed by atoms with Gasteiger partial charge in [0, 0.05) is 24.4 Å². The van der Waals surface area contributed by atoms with E-state index in [0.29, 0.717) is 11.4 Å². The molecule has 3 aromatic rings. The van der Waals surface area contributed by atoms with E-state index in [2.05, 4.69) is 4.98 Å². The van der Waals surface area contributed by atoms with Crippen molar-refractivity contribution in [3.63, 3.8) is 0 Å². The average molecular weight is 425 g/mol. The summed E-state index contributed by atoms with van der Waals surface area (Å²) in [5.74, 6) is 0. The van der Waals surface area contributed by atoms with Crippen molar-refractivity contribution in [2.75, 3.05) is 6.61 Å². The van der Waals surface area contributed by atoms with E-state index in [9.17, 15) is 19.8 Å². The van der Waals surface area contributed by atoms with Crippen LogP contribution < -0.4 is 11.2 Å². The van der Waals surface area contributed by atoms with Gasteiger partial charge in [-0.05, 0) is 18.6 Å². The molecule has 0 spiro atoms. The number of rotatable bonds is 6. The highest BCUT2D eigenvalue weighted by atomic mass is 16.6. The minimum absolute atomic E-state index is 0.0649. The van der Waals surface area contributed by atoms with Gasteiger partial charge in [0.15, 0.2) is 6.23 Å². The van der Waals surface area contributed by atoms with Gasteiger partial charge in [0.2, 0.25) is 0 Å². The van der Waals surface area contributed by atoms with E-state index in [-0.39, 0.29) is 19.6 Å². The van der Waals surface area contributed by atoms with Crippen LogP contribution in [0.15, 0.2) is 70.4 Å². The third kappa shape index (κ3) is 4.21. The highest BCUT2D eigenvalue weighted by Crippen LogP contribution is 2.29.